The summed E-state index contributed by atoms with van der Waals surface area (Å²) in [7, 11) is 0. The van der Waals surface area contributed by atoms with Gasteiger partial charge in [-0.2, -0.15) is 0 Å². The first-order chi connectivity index (χ1) is 11.6. The maximum Gasteiger partial charge on any atom is 0.257 e. The Hall–Kier alpha value is -2.28. The molecule has 0 saturated heterocycles. The van der Waals surface area contributed by atoms with Crippen molar-refractivity contribution in [3.63, 3.8) is 0 Å². The summed E-state index contributed by atoms with van der Waals surface area (Å²) in [5, 5.41) is 3.55. The molecule has 126 valence electrons. The van der Waals surface area contributed by atoms with E-state index in [1.54, 1.807) is 29.8 Å². The average molecular weight is 345 g/mol. The van der Waals surface area contributed by atoms with Gasteiger partial charge in [-0.05, 0) is 38.1 Å². The molecule has 0 radical (unpaired) electrons. The highest BCUT2D eigenvalue weighted by molar-refractivity contribution is 7.99. The number of amides is 1. The van der Waals surface area contributed by atoms with Gasteiger partial charge in [0.05, 0.1) is 12.6 Å². The van der Waals surface area contributed by atoms with Gasteiger partial charge in [-0.15, -0.1) is 0 Å². The Labute approximate surface area is 144 Å². The van der Waals surface area contributed by atoms with Crippen LogP contribution < -0.4 is 15.6 Å². The summed E-state index contributed by atoms with van der Waals surface area (Å²) < 4.78 is 7.01. The zero-order chi connectivity index (χ0) is 17.1. The molecule has 1 aromatic carbocycles. The van der Waals surface area contributed by atoms with Gasteiger partial charge in [0.15, 0.2) is 5.16 Å². The summed E-state index contributed by atoms with van der Waals surface area (Å²) >= 11 is 1.51. The van der Waals surface area contributed by atoms with Crippen LogP contribution in [0, 0.1) is 6.92 Å². The highest BCUT2D eigenvalue weighted by atomic mass is 32.2. The van der Waals surface area contributed by atoms with E-state index < -0.39 is 0 Å². The van der Waals surface area contributed by atoms with Crippen LogP contribution in [0.5, 0.6) is 5.75 Å². The van der Waals surface area contributed by atoms with Gasteiger partial charge in [-0.1, -0.05) is 11.8 Å². The molecule has 0 saturated carbocycles. The number of thioether (sulfide) groups is 1. The highest BCUT2D eigenvalue weighted by Gasteiger charge is 2.27. The lowest BCUT2D eigenvalue weighted by Gasteiger charge is -2.14. The standard InChI is InChI=1S/C17H19N3O3S/c1-3-23-14-6-4-12(5-7-14)19-15(21)8-13-10-24-17-18-9-11(2)16(22)20(13)17/h4-7,9,13H,3,8,10H2,1-2H3,(H,19,21). The second-order valence-electron chi connectivity index (χ2n) is 5.57. The molecule has 2 heterocycles. The van der Waals surface area contributed by atoms with Gasteiger partial charge in [0, 0.05) is 29.6 Å². The smallest absolute Gasteiger partial charge is 0.257 e. The number of fused-ring (bicyclic) bond motifs is 1. The molecule has 2 aromatic rings. The van der Waals surface area contributed by atoms with Crippen molar-refractivity contribution >= 4 is 23.4 Å². The molecule has 0 aliphatic carbocycles. The fraction of sp³-hybridized carbons (Fsp3) is 0.353. The number of carbonyl (C=O) groups excluding carboxylic acids is 1. The van der Waals surface area contributed by atoms with Crippen molar-refractivity contribution < 1.29 is 9.53 Å². The quantitative estimate of drug-likeness (QED) is 0.843. The van der Waals surface area contributed by atoms with Crippen LogP contribution in [0.4, 0.5) is 5.69 Å². The van der Waals surface area contributed by atoms with E-state index >= 15 is 0 Å². The first-order valence-corrected chi connectivity index (χ1v) is 8.80. The van der Waals surface area contributed by atoms with E-state index in [1.165, 1.54) is 11.8 Å². The molecule has 1 unspecified atom stereocenters. The molecule has 7 heteroatoms. The maximum atomic E-state index is 12.3. The van der Waals surface area contributed by atoms with Gasteiger partial charge in [0.25, 0.3) is 5.56 Å². The monoisotopic (exact) mass is 345 g/mol. The third-order valence-corrected chi connectivity index (χ3v) is 4.88. The number of nitrogens with zero attached hydrogens (tertiary/aromatic N) is 2. The first-order valence-electron chi connectivity index (χ1n) is 7.82. The van der Waals surface area contributed by atoms with Crippen molar-refractivity contribution in [3.05, 3.63) is 46.4 Å². The molecule has 24 heavy (non-hydrogen) atoms. The van der Waals surface area contributed by atoms with Crippen molar-refractivity contribution in [3.8, 4) is 5.75 Å². The van der Waals surface area contributed by atoms with Gasteiger partial charge in [0.1, 0.15) is 5.75 Å². The zero-order valence-electron chi connectivity index (χ0n) is 13.6. The van der Waals surface area contributed by atoms with Gasteiger partial charge >= 0.3 is 0 Å². The molecule has 1 N–H and O–H groups in total. The summed E-state index contributed by atoms with van der Waals surface area (Å²) in [4.78, 5) is 28.8. The number of carbonyl (C=O) groups is 1. The zero-order valence-corrected chi connectivity index (χ0v) is 14.4. The Balaban J connectivity index is 1.67. The predicted octanol–water partition coefficient (Wildman–Crippen LogP) is 2.63. The Kier molecular flexibility index (Phi) is 4.89. The third kappa shape index (κ3) is 3.46. The van der Waals surface area contributed by atoms with Crippen molar-refractivity contribution in [1.82, 2.24) is 9.55 Å². The minimum absolute atomic E-state index is 0.0659. The van der Waals surface area contributed by atoms with Crippen molar-refractivity contribution in [2.24, 2.45) is 0 Å². The Bertz CT molecular complexity index is 802. The summed E-state index contributed by atoms with van der Waals surface area (Å²) in [6.07, 6.45) is 1.84. The molecule has 1 aromatic heterocycles. The molecule has 3 rings (SSSR count). The predicted molar refractivity (Wildman–Crippen MR) is 93.9 cm³/mol. The second kappa shape index (κ2) is 7.09. The largest absolute Gasteiger partial charge is 0.494 e. The van der Waals surface area contributed by atoms with Crippen LogP contribution in [0.3, 0.4) is 0 Å². The molecule has 1 aliphatic rings. The van der Waals surface area contributed by atoms with Crippen LogP contribution in [0.25, 0.3) is 0 Å². The van der Waals surface area contributed by atoms with Crippen LogP contribution in [0.2, 0.25) is 0 Å². The molecular formula is C17H19N3O3S. The molecule has 6 nitrogen and oxygen atoms in total. The Morgan fingerprint density at radius 3 is 2.88 bits per heavy atom. The highest BCUT2D eigenvalue weighted by Crippen LogP contribution is 2.32. The number of aryl methyl sites for hydroxylation is 1. The van der Waals surface area contributed by atoms with Crippen LogP contribution in [-0.4, -0.2) is 27.8 Å². The van der Waals surface area contributed by atoms with E-state index in [9.17, 15) is 9.59 Å². The molecule has 1 amide bonds. The third-order valence-electron chi connectivity index (χ3n) is 3.77. The van der Waals surface area contributed by atoms with E-state index in [-0.39, 0.29) is 23.9 Å². The average Bonchev–Trinajstić information content (AvgIpc) is 2.96. The van der Waals surface area contributed by atoms with Crippen LogP contribution in [0.15, 0.2) is 40.4 Å². The first kappa shape index (κ1) is 16.6. The van der Waals surface area contributed by atoms with Crippen LogP contribution >= 0.6 is 11.8 Å². The topological polar surface area (TPSA) is 73.2 Å². The summed E-state index contributed by atoms with van der Waals surface area (Å²) in [5.74, 6) is 1.33. The molecule has 1 aliphatic heterocycles. The number of benzene rings is 1. The summed E-state index contributed by atoms with van der Waals surface area (Å²) in [5.41, 5.74) is 1.24. The number of aromatic nitrogens is 2. The second-order valence-corrected chi connectivity index (χ2v) is 6.56. The minimum atomic E-state index is -0.160. The van der Waals surface area contributed by atoms with Crippen molar-refractivity contribution in [2.45, 2.75) is 31.5 Å². The maximum absolute atomic E-state index is 12.3. The van der Waals surface area contributed by atoms with E-state index in [0.717, 1.165) is 5.75 Å². The molecule has 0 spiro atoms. The van der Waals surface area contributed by atoms with Crippen molar-refractivity contribution in [1.29, 1.82) is 0 Å². The van der Waals surface area contributed by atoms with E-state index in [1.807, 2.05) is 19.1 Å². The van der Waals surface area contributed by atoms with Gasteiger partial charge in [-0.3, -0.25) is 14.2 Å². The van der Waals surface area contributed by atoms with Gasteiger partial charge in [0.2, 0.25) is 5.91 Å². The number of hydrogen-bond donors (Lipinski definition) is 1. The SMILES string of the molecule is CCOc1ccc(NC(=O)CC2CSc3ncc(C)c(=O)n32)cc1. The number of rotatable bonds is 5. The number of ether oxygens (including phenoxy) is 1. The number of nitrogens with one attached hydrogen (secondary N) is 1. The number of anilines is 1. The van der Waals surface area contributed by atoms with E-state index in [0.29, 0.717) is 28.8 Å². The lowest BCUT2D eigenvalue weighted by molar-refractivity contribution is -0.116. The molecular weight excluding hydrogens is 326 g/mol. The van der Waals surface area contributed by atoms with Gasteiger partial charge in [-0.25, -0.2) is 4.98 Å². The van der Waals surface area contributed by atoms with Crippen molar-refractivity contribution in [2.75, 3.05) is 17.7 Å². The Morgan fingerprint density at radius 1 is 1.42 bits per heavy atom. The lowest BCUT2D eigenvalue weighted by atomic mass is 10.2. The number of hydrogen-bond acceptors (Lipinski definition) is 5. The van der Waals surface area contributed by atoms with Gasteiger partial charge < -0.3 is 10.1 Å². The summed E-state index contributed by atoms with van der Waals surface area (Å²) in [6.45, 7) is 4.26. The van der Waals surface area contributed by atoms with E-state index in [4.69, 9.17) is 4.74 Å². The minimum Gasteiger partial charge on any atom is -0.494 e. The fourth-order valence-corrected chi connectivity index (χ4v) is 3.70. The van der Waals surface area contributed by atoms with Crippen LogP contribution in [0.1, 0.15) is 24.9 Å². The normalized spacial score (nSPS) is 15.8. The fourth-order valence-electron chi connectivity index (χ4n) is 2.60. The lowest BCUT2D eigenvalue weighted by Crippen LogP contribution is -2.28. The molecule has 0 fully saturated rings. The Morgan fingerprint density at radius 2 is 2.17 bits per heavy atom. The van der Waals surface area contributed by atoms with E-state index in [2.05, 4.69) is 10.3 Å². The molecule has 0 bridgehead atoms. The molecule has 1 atom stereocenters. The van der Waals surface area contributed by atoms with Crippen LogP contribution in [-0.2, 0) is 4.79 Å². The summed E-state index contributed by atoms with van der Waals surface area (Å²) in [6, 6.07) is 7.08.